The lowest BCUT2D eigenvalue weighted by Gasteiger charge is -2.08. The van der Waals surface area contributed by atoms with Crippen LogP contribution in [0.15, 0.2) is 29.1 Å². The van der Waals surface area contributed by atoms with Gasteiger partial charge in [0, 0.05) is 12.4 Å². The average molecular weight is 357 g/mol. The zero-order valence-corrected chi connectivity index (χ0v) is 13.2. The standard InChI is InChI=1S/C14H14BrFN2O3/c1-3-21-14(20)12-11(8-15)17(2)18(13(12)19)10-6-4-9(16)5-7-10/h4-7H,3,8H2,1-2H3. The molecule has 2 rings (SSSR count). The Balaban J connectivity index is 2.66. The first-order valence-corrected chi connectivity index (χ1v) is 7.43. The molecule has 0 amide bonds. The van der Waals surface area contributed by atoms with Crippen LogP contribution in [-0.4, -0.2) is 21.9 Å². The minimum absolute atomic E-state index is 0.0134. The van der Waals surface area contributed by atoms with E-state index in [1.54, 1.807) is 18.7 Å². The third-order valence-corrected chi connectivity index (χ3v) is 3.59. The Bertz CT molecular complexity index is 719. The molecule has 0 spiro atoms. The third kappa shape index (κ3) is 2.78. The highest BCUT2D eigenvalue weighted by atomic mass is 79.9. The molecule has 0 saturated heterocycles. The highest BCUT2D eigenvalue weighted by Gasteiger charge is 2.24. The SMILES string of the molecule is CCOC(=O)c1c(CBr)n(C)n(-c2ccc(F)cc2)c1=O. The molecular formula is C14H14BrFN2O3. The van der Waals surface area contributed by atoms with E-state index in [0.717, 1.165) is 0 Å². The molecule has 1 aromatic heterocycles. The number of aromatic nitrogens is 2. The number of esters is 1. The fourth-order valence-corrected chi connectivity index (χ4v) is 2.73. The number of alkyl halides is 1. The second-order valence-corrected chi connectivity index (χ2v) is 4.85. The molecule has 0 N–H and O–H groups in total. The molecule has 0 bridgehead atoms. The molecule has 0 aliphatic heterocycles. The molecule has 7 heteroatoms. The van der Waals surface area contributed by atoms with Crippen molar-refractivity contribution in [3.63, 3.8) is 0 Å². The molecule has 0 aliphatic rings. The zero-order chi connectivity index (χ0) is 15.6. The van der Waals surface area contributed by atoms with E-state index in [9.17, 15) is 14.0 Å². The summed E-state index contributed by atoms with van der Waals surface area (Å²) in [4.78, 5) is 24.5. The Hall–Kier alpha value is -1.89. The first-order valence-electron chi connectivity index (χ1n) is 6.31. The molecule has 0 radical (unpaired) electrons. The predicted molar refractivity (Wildman–Crippen MR) is 79.6 cm³/mol. The van der Waals surface area contributed by atoms with E-state index < -0.39 is 17.3 Å². The number of rotatable bonds is 4. The minimum atomic E-state index is -0.659. The van der Waals surface area contributed by atoms with E-state index in [4.69, 9.17) is 4.74 Å². The van der Waals surface area contributed by atoms with Crippen molar-refractivity contribution in [2.75, 3.05) is 6.61 Å². The van der Waals surface area contributed by atoms with Gasteiger partial charge >= 0.3 is 5.97 Å². The maximum Gasteiger partial charge on any atom is 0.345 e. The summed E-state index contributed by atoms with van der Waals surface area (Å²) in [7, 11) is 1.66. The van der Waals surface area contributed by atoms with Gasteiger partial charge in [-0.2, -0.15) is 0 Å². The summed E-state index contributed by atoms with van der Waals surface area (Å²) >= 11 is 3.27. The van der Waals surface area contributed by atoms with Crippen molar-refractivity contribution in [3.05, 3.63) is 51.7 Å². The number of carbonyl (C=O) groups excluding carboxylic acids is 1. The average Bonchev–Trinajstić information content (AvgIpc) is 2.71. The van der Waals surface area contributed by atoms with Crippen LogP contribution < -0.4 is 5.56 Å². The molecule has 0 atom stereocenters. The van der Waals surface area contributed by atoms with Crippen LogP contribution in [-0.2, 0) is 17.1 Å². The van der Waals surface area contributed by atoms with E-state index in [0.29, 0.717) is 16.7 Å². The second kappa shape index (κ2) is 6.26. The number of benzene rings is 1. The van der Waals surface area contributed by atoms with Crippen molar-refractivity contribution < 1.29 is 13.9 Å². The van der Waals surface area contributed by atoms with Gasteiger partial charge in [0.15, 0.2) is 0 Å². The van der Waals surface area contributed by atoms with Crippen LogP contribution in [0.3, 0.4) is 0 Å². The lowest BCUT2D eigenvalue weighted by molar-refractivity contribution is 0.0523. The van der Waals surface area contributed by atoms with Gasteiger partial charge in [-0.1, -0.05) is 15.9 Å². The van der Waals surface area contributed by atoms with Crippen LogP contribution in [0.5, 0.6) is 0 Å². The molecule has 0 unspecified atom stereocenters. The second-order valence-electron chi connectivity index (χ2n) is 4.29. The number of nitrogens with zero attached hydrogens (tertiary/aromatic N) is 2. The lowest BCUT2D eigenvalue weighted by Crippen LogP contribution is -2.23. The van der Waals surface area contributed by atoms with Gasteiger partial charge in [-0.3, -0.25) is 9.48 Å². The monoisotopic (exact) mass is 356 g/mol. The summed E-state index contributed by atoms with van der Waals surface area (Å²) in [6.45, 7) is 1.86. The van der Waals surface area contributed by atoms with Crippen molar-refractivity contribution >= 4 is 21.9 Å². The highest BCUT2D eigenvalue weighted by molar-refractivity contribution is 9.08. The van der Waals surface area contributed by atoms with Crippen LogP contribution in [0.4, 0.5) is 4.39 Å². The molecule has 112 valence electrons. The Morgan fingerprint density at radius 3 is 2.48 bits per heavy atom. The first kappa shape index (κ1) is 15.5. The van der Waals surface area contributed by atoms with Crippen molar-refractivity contribution in [1.82, 2.24) is 9.36 Å². The van der Waals surface area contributed by atoms with Crippen LogP contribution in [0.25, 0.3) is 5.69 Å². The van der Waals surface area contributed by atoms with Crippen LogP contribution >= 0.6 is 15.9 Å². The van der Waals surface area contributed by atoms with Crippen LogP contribution in [0, 0.1) is 5.82 Å². The quantitative estimate of drug-likeness (QED) is 0.624. The summed E-state index contributed by atoms with van der Waals surface area (Å²) < 4.78 is 20.8. The Labute approximate surface area is 129 Å². The number of hydrogen-bond acceptors (Lipinski definition) is 3. The molecule has 0 fully saturated rings. The molecule has 1 aromatic carbocycles. The van der Waals surface area contributed by atoms with Crippen molar-refractivity contribution in [2.45, 2.75) is 12.3 Å². The number of halogens is 2. The van der Waals surface area contributed by atoms with E-state index in [2.05, 4.69) is 15.9 Å². The summed E-state index contributed by atoms with van der Waals surface area (Å²) in [5.74, 6) is -1.05. The van der Waals surface area contributed by atoms with Gasteiger partial charge in [-0.15, -0.1) is 0 Å². The largest absolute Gasteiger partial charge is 0.462 e. The topological polar surface area (TPSA) is 53.2 Å². The Morgan fingerprint density at radius 1 is 1.33 bits per heavy atom. The highest BCUT2D eigenvalue weighted by Crippen LogP contribution is 2.15. The fourth-order valence-electron chi connectivity index (χ4n) is 2.08. The van der Waals surface area contributed by atoms with Gasteiger partial charge in [0.25, 0.3) is 5.56 Å². The molecular weight excluding hydrogens is 343 g/mol. The van der Waals surface area contributed by atoms with E-state index in [-0.39, 0.29) is 12.2 Å². The van der Waals surface area contributed by atoms with E-state index in [1.807, 2.05) is 0 Å². The summed E-state index contributed by atoms with van der Waals surface area (Å²) in [6, 6.07) is 5.46. The molecule has 5 nitrogen and oxygen atoms in total. The zero-order valence-electron chi connectivity index (χ0n) is 11.6. The maximum atomic E-state index is 13.0. The van der Waals surface area contributed by atoms with E-state index >= 15 is 0 Å². The summed E-state index contributed by atoms with van der Waals surface area (Å²) in [5, 5.41) is 0.321. The fraction of sp³-hybridized carbons (Fsp3) is 0.286. The molecule has 0 aliphatic carbocycles. The smallest absolute Gasteiger partial charge is 0.345 e. The first-order chi connectivity index (χ1) is 10.0. The van der Waals surface area contributed by atoms with Gasteiger partial charge in [0.1, 0.15) is 11.4 Å². The van der Waals surface area contributed by atoms with Crippen LogP contribution in [0.2, 0.25) is 0 Å². The summed E-state index contributed by atoms with van der Waals surface area (Å²) in [6.07, 6.45) is 0. The normalized spacial score (nSPS) is 10.7. The molecule has 2 aromatic rings. The third-order valence-electron chi connectivity index (χ3n) is 3.06. The number of hydrogen-bond donors (Lipinski definition) is 0. The number of ether oxygens (including phenoxy) is 1. The summed E-state index contributed by atoms with van der Waals surface area (Å²) in [5.41, 5.74) is 0.474. The maximum absolute atomic E-state index is 13.0. The molecule has 0 saturated carbocycles. The predicted octanol–water partition coefficient (Wildman–Crippen LogP) is 2.39. The molecule has 21 heavy (non-hydrogen) atoms. The lowest BCUT2D eigenvalue weighted by atomic mass is 10.2. The van der Waals surface area contributed by atoms with Crippen molar-refractivity contribution in [2.24, 2.45) is 7.05 Å². The van der Waals surface area contributed by atoms with Gasteiger partial charge in [-0.25, -0.2) is 13.9 Å². The van der Waals surface area contributed by atoms with Crippen molar-refractivity contribution in [1.29, 1.82) is 0 Å². The van der Waals surface area contributed by atoms with Crippen molar-refractivity contribution in [3.8, 4) is 5.69 Å². The van der Waals surface area contributed by atoms with Gasteiger partial charge < -0.3 is 4.74 Å². The van der Waals surface area contributed by atoms with Crippen LogP contribution in [0.1, 0.15) is 23.0 Å². The minimum Gasteiger partial charge on any atom is -0.462 e. The van der Waals surface area contributed by atoms with Gasteiger partial charge in [0.2, 0.25) is 0 Å². The van der Waals surface area contributed by atoms with E-state index in [1.165, 1.54) is 28.9 Å². The Kier molecular flexibility index (Phi) is 4.62. The van der Waals surface area contributed by atoms with Gasteiger partial charge in [-0.05, 0) is 31.2 Å². The molecule has 1 heterocycles. The Morgan fingerprint density at radius 2 is 1.95 bits per heavy atom. The van der Waals surface area contributed by atoms with Gasteiger partial charge in [0.05, 0.1) is 18.0 Å². The number of carbonyl (C=O) groups is 1.